The maximum atomic E-state index is 2.58. The van der Waals surface area contributed by atoms with Gasteiger partial charge in [-0.1, -0.05) is 6.92 Å². The Morgan fingerprint density at radius 2 is 1.75 bits per heavy atom. The molecule has 2 heteroatoms. The monoisotopic (exact) mass is 190 g/mol. The molecule has 0 heterocycles. The van der Waals surface area contributed by atoms with Gasteiger partial charge in [0.05, 0.1) is 0 Å². The highest BCUT2D eigenvalue weighted by molar-refractivity contribution is 14.0. The molecule has 0 fully saturated rings. The molecule has 0 N–H and O–H groups in total. The normalized spacial score (nSPS) is 4.50. The lowest BCUT2D eigenvalue weighted by Gasteiger charge is -1.48. The number of rotatable bonds is 0. The van der Waals surface area contributed by atoms with Crippen molar-refractivity contribution in [3.8, 4) is 0 Å². The molecule has 0 bridgehead atoms. The van der Waals surface area contributed by atoms with Gasteiger partial charge >= 0.3 is 0 Å². The lowest BCUT2D eigenvalue weighted by atomic mass is 11.0. The van der Waals surface area contributed by atoms with E-state index in [0.717, 1.165) is 0 Å². The Labute approximate surface area is 46.6 Å². The van der Waals surface area contributed by atoms with Gasteiger partial charge in [-0.3, -0.25) is 0 Å². The summed E-state index contributed by atoms with van der Waals surface area (Å²) in [5, 5.41) is 0. The van der Waals surface area contributed by atoms with E-state index < -0.39 is 0 Å². The molecule has 28 valence electrons. The van der Waals surface area contributed by atoms with Crippen LogP contribution in [0.15, 0.2) is 0 Å². The second kappa shape index (κ2) is 8.90. The molecule has 0 aromatic heterocycles. The first-order valence-electron chi connectivity index (χ1n) is 1.12. The summed E-state index contributed by atoms with van der Waals surface area (Å²) in [6.45, 7) is 2.09. The van der Waals surface area contributed by atoms with Crippen LogP contribution in [0.3, 0.4) is 0 Å². The highest BCUT2D eigenvalue weighted by Crippen LogP contribution is 1.68. The maximum absolute atomic E-state index is 2.58. The van der Waals surface area contributed by atoms with Crippen LogP contribution in [-0.2, 0) is 0 Å². The molecule has 0 spiro atoms. The van der Waals surface area contributed by atoms with E-state index in [1.54, 1.807) is 0 Å². The Balaban J connectivity index is 0. The number of hydrogen-bond donors (Lipinski definition) is 0. The largest absolute Gasteiger partial charge is 0.138 e. The molecule has 0 radical (unpaired) electrons. The van der Waals surface area contributed by atoms with Crippen LogP contribution in [0.1, 0.15) is 6.92 Å². The molecule has 1 atom stereocenters. The molecule has 0 rings (SSSR count). The van der Waals surface area contributed by atoms with Crippen molar-refractivity contribution in [1.29, 1.82) is 0 Å². The summed E-state index contributed by atoms with van der Waals surface area (Å²) in [6.07, 6.45) is 1.17. The Hall–Kier alpha value is 1.16. The summed E-state index contributed by atoms with van der Waals surface area (Å²) in [5.41, 5.74) is 0. The van der Waals surface area contributed by atoms with Crippen LogP contribution in [0.25, 0.3) is 0 Å². The predicted octanol–water partition coefficient (Wildman–Crippen LogP) is 1.50. The molecule has 0 saturated carbocycles. The quantitative estimate of drug-likeness (QED) is 0.401. The number of halogens is 1. The highest BCUT2D eigenvalue weighted by Gasteiger charge is 1.35. The van der Waals surface area contributed by atoms with Crippen LogP contribution in [0, 0.1) is 0 Å². The second-order valence-electron chi connectivity index (χ2n) is 0.408. The van der Waals surface area contributed by atoms with Crippen LogP contribution in [0.2, 0.25) is 0 Å². The second-order valence-corrected chi connectivity index (χ2v) is 1.22. The van der Waals surface area contributed by atoms with Gasteiger partial charge in [-0.25, -0.2) is 0 Å². The van der Waals surface area contributed by atoms with Crippen molar-refractivity contribution < 1.29 is 0 Å². The Morgan fingerprint density at radius 1 is 1.75 bits per heavy atom. The third kappa shape index (κ3) is 11.0. The minimum absolute atomic E-state index is 0. The van der Waals surface area contributed by atoms with Crippen molar-refractivity contribution >= 4 is 33.2 Å². The van der Waals surface area contributed by atoms with Gasteiger partial charge in [0.2, 0.25) is 0 Å². The summed E-state index contributed by atoms with van der Waals surface area (Å²) in [7, 11) is 2.58. The predicted molar refractivity (Wildman–Crippen MR) is 35.7 cm³/mol. The molecule has 0 nitrogen and oxygen atoms in total. The van der Waals surface area contributed by atoms with Gasteiger partial charge in [-0.2, -0.15) is 0 Å². The molecule has 0 saturated heterocycles. The molecular formula is C2H8IP. The Morgan fingerprint density at radius 3 is 1.75 bits per heavy atom. The first-order chi connectivity index (χ1) is 1.41. The van der Waals surface area contributed by atoms with Crippen molar-refractivity contribution in [3.63, 3.8) is 0 Å². The van der Waals surface area contributed by atoms with Gasteiger partial charge < -0.3 is 0 Å². The fourth-order valence-electron chi connectivity index (χ4n) is 0. The molecule has 0 aliphatic rings. The molecule has 4 heavy (non-hydrogen) atoms. The summed E-state index contributed by atoms with van der Waals surface area (Å²) in [4.78, 5) is 0. The molecular weight excluding hydrogens is 182 g/mol. The highest BCUT2D eigenvalue weighted by atomic mass is 127. The van der Waals surface area contributed by atoms with Crippen molar-refractivity contribution in [2.75, 3.05) is 6.16 Å². The van der Waals surface area contributed by atoms with Gasteiger partial charge in [-0.15, -0.1) is 33.2 Å². The van der Waals surface area contributed by atoms with Gasteiger partial charge in [0.15, 0.2) is 0 Å². The smallest absolute Gasteiger partial charge is 0.0410 e. The van der Waals surface area contributed by atoms with Gasteiger partial charge in [0.25, 0.3) is 0 Å². The molecule has 0 aliphatic carbocycles. The molecule has 0 aromatic rings. The van der Waals surface area contributed by atoms with E-state index in [2.05, 4.69) is 16.2 Å². The first kappa shape index (κ1) is 8.94. The third-order valence-corrected chi connectivity index (χ3v) is 0. The molecule has 1 unspecified atom stereocenters. The lowest BCUT2D eigenvalue weighted by molar-refractivity contribution is 1.53. The van der Waals surface area contributed by atoms with E-state index in [-0.39, 0.29) is 24.0 Å². The molecule has 0 aromatic carbocycles. The van der Waals surface area contributed by atoms with E-state index in [9.17, 15) is 0 Å². The van der Waals surface area contributed by atoms with Gasteiger partial charge in [0.1, 0.15) is 0 Å². The Kier molecular flexibility index (Phi) is 19.9. The summed E-state index contributed by atoms with van der Waals surface area (Å²) in [6, 6.07) is 0. The zero-order valence-corrected chi connectivity index (χ0v) is 6.18. The van der Waals surface area contributed by atoms with Gasteiger partial charge in [-0.05, 0) is 6.16 Å². The van der Waals surface area contributed by atoms with Gasteiger partial charge in [0, 0.05) is 0 Å². The lowest BCUT2D eigenvalue weighted by Crippen LogP contribution is -1.33. The van der Waals surface area contributed by atoms with Crippen molar-refractivity contribution in [1.82, 2.24) is 0 Å². The third-order valence-electron chi connectivity index (χ3n) is 0. The van der Waals surface area contributed by atoms with Crippen LogP contribution < -0.4 is 0 Å². The van der Waals surface area contributed by atoms with E-state index in [4.69, 9.17) is 0 Å². The minimum atomic E-state index is 0. The van der Waals surface area contributed by atoms with Crippen molar-refractivity contribution in [3.05, 3.63) is 0 Å². The van der Waals surface area contributed by atoms with Crippen LogP contribution in [0.5, 0.6) is 0 Å². The van der Waals surface area contributed by atoms with E-state index in [1.807, 2.05) is 0 Å². The van der Waals surface area contributed by atoms with E-state index in [0.29, 0.717) is 0 Å². The minimum Gasteiger partial charge on any atom is -0.138 e. The number of hydrogen-bond acceptors (Lipinski definition) is 0. The average molecular weight is 190 g/mol. The Bertz CT molecular complexity index is 6.00. The molecule has 0 aliphatic heterocycles. The van der Waals surface area contributed by atoms with Crippen LogP contribution >= 0.6 is 33.2 Å². The van der Waals surface area contributed by atoms with E-state index >= 15 is 0 Å². The SMILES string of the molecule is CCP.I. The topological polar surface area (TPSA) is 0 Å². The van der Waals surface area contributed by atoms with Crippen molar-refractivity contribution in [2.45, 2.75) is 6.92 Å². The van der Waals surface area contributed by atoms with Crippen molar-refractivity contribution in [2.24, 2.45) is 0 Å². The van der Waals surface area contributed by atoms with E-state index in [1.165, 1.54) is 6.16 Å². The standard InChI is InChI=1S/C2H7P.HI/c1-2-3;/h2-3H2,1H3;1H. The zero-order valence-electron chi connectivity index (χ0n) is 2.69. The maximum Gasteiger partial charge on any atom is -0.0410 e. The zero-order chi connectivity index (χ0) is 2.71. The van der Waals surface area contributed by atoms with Crippen LogP contribution in [0.4, 0.5) is 0 Å². The summed E-state index contributed by atoms with van der Waals surface area (Å²) < 4.78 is 0. The average Bonchev–Trinajstić information content (AvgIpc) is 0.918. The summed E-state index contributed by atoms with van der Waals surface area (Å²) in [5.74, 6) is 0. The molecule has 0 amide bonds. The van der Waals surface area contributed by atoms with Crippen LogP contribution in [-0.4, -0.2) is 6.16 Å². The first-order valence-corrected chi connectivity index (χ1v) is 1.93. The fourth-order valence-corrected chi connectivity index (χ4v) is 0. The fraction of sp³-hybridized carbons (Fsp3) is 1.00. The summed E-state index contributed by atoms with van der Waals surface area (Å²) >= 11 is 0.